The van der Waals surface area contributed by atoms with E-state index in [-0.39, 0.29) is 42.3 Å². The Morgan fingerprint density at radius 2 is 1.88 bits per heavy atom. The van der Waals surface area contributed by atoms with Crippen molar-refractivity contribution >= 4 is 11.7 Å². The Bertz CT molecular complexity index is 955. The van der Waals surface area contributed by atoms with Gasteiger partial charge in [-0.2, -0.15) is 26.0 Å². The zero-order valence-corrected chi connectivity index (χ0v) is 20.5. The molecule has 0 bridgehead atoms. The average molecular weight is 466 g/mol. The number of aromatic nitrogens is 2. The minimum Gasteiger partial charge on any atom is -0.351 e. The van der Waals surface area contributed by atoms with Crippen LogP contribution in [-0.2, 0) is 17.8 Å². The monoisotopic (exact) mass is 465 g/mol. The molecule has 3 unspecified atom stereocenters. The zero-order chi connectivity index (χ0) is 24.9. The lowest BCUT2D eigenvalue weighted by atomic mass is 9.86. The van der Waals surface area contributed by atoms with Gasteiger partial charge in [-0.3, -0.25) is 4.79 Å². The summed E-state index contributed by atoms with van der Waals surface area (Å²) in [5, 5.41) is 43.9. The van der Waals surface area contributed by atoms with Gasteiger partial charge < -0.3 is 10.2 Å². The SMILES string of the molecule is CCCCN(CCCC)C1CCC(N=Nc2c(C#N)c(CC#N)nn2CC#N)C(NC(C)=O)C1. The predicted octanol–water partition coefficient (Wildman–Crippen LogP) is 3.76. The molecule has 0 saturated heterocycles. The smallest absolute Gasteiger partial charge is 0.217 e. The summed E-state index contributed by atoms with van der Waals surface area (Å²) in [4.78, 5) is 14.5. The Hall–Kier alpha value is -3.29. The zero-order valence-electron chi connectivity index (χ0n) is 20.5. The fraction of sp³-hybridized carbons (Fsp3) is 0.708. The first-order valence-corrected chi connectivity index (χ1v) is 12.1. The third-order valence-corrected chi connectivity index (χ3v) is 6.17. The Labute approximate surface area is 202 Å². The van der Waals surface area contributed by atoms with E-state index in [4.69, 9.17) is 10.5 Å². The number of carbonyl (C=O) groups excluding carboxylic acids is 1. The number of carbonyl (C=O) groups is 1. The molecule has 1 aliphatic carbocycles. The maximum atomic E-state index is 11.9. The van der Waals surface area contributed by atoms with Crippen molar-refractivity contribution in [2.24, 2.45) is 10.2 Å². The van der Waals surface area contributed by atoms with Gasteiger partial charge in [0.05, 0.1) is 36.3 Å². The number of rotatable bonds is 12. The number of hydrogen-bond donors (Lipinski definition) is 1. The molecule has 10 heteroatoms. The molecule has 1 aliphatic rings. The lowest BCUT2D eigenvalue weighted by molar-refractivity contribution is -0.120. The van der Waals surface area contributed by atoms with Crippen molar-refractivity contribution in [3.8, 4) is 18.2 Å². The van der Waals surface area contributed by atoms with Crippen LogP contribution in [0.1, 0.15) is 77.0 Å². The minimum absolute atomic E-state index is 0.0468. The highest BCUT2D eigenvalue weighted by atomic mass is 16.1. The number of nitrogens with one attached hydrogen (secondary N) is 1. The van der Waals surface area contributed by atoms with Crippen molar-refractivity contribution in [2.45, 2.75) is 96.8 Å². The van der Waals surface area contributed by atoms with Crippen LogP contribution in [0.25, 0.3) is 0 Å². The second-order valence-electron chi connectivity index (χ2n) is 8.71. The van der Waals surface area contributed by atoms with E-state index in [2.05, 4.69) is 39.4 Å². The molecule has 0 spiro atoms. The molecule has 3 atom stereocenters. The van der Waals surface area contributed by atoms with Gasteiger partial charge in [-0.1, -0.05) is 26.7 Å². The lowest BCUT2D eigenvalue weighted by Gasteiger charge is -2.40. The van der Waals surface area contributed by atoms with Gasteiger partial charge >= 0.3 is 0 Å². The van der Waals surface area contributed by atoms with Crippen LogP contribution in [0.2, 0.25) is 0 Å². The summed E-state index contributed by atoms with van der Waals surface area (Å²) in [6.45, 7) is 7.92. The maximum absolute atomic E-state index is 11.9. The highest BCUT2D eigenvalue weighted by molar-refractivity contribution is 5.73. The van der Waals surface area contributed by atoms with Crippen LogP contribution >= 0.6 is 0 Å². The van der Waals surface area contributed by atoms with Gasteiger partial charge in [-0.05, 0) is 45.2 Å². The largest absolute Gasteiger partial charge is 0.351 e. The molecule has 10 nitrogen and oxygen atoms in total. The molecule has 34 heavy (non-hydrogen) atoms. The van der Waals surface area contributed by atoms with Gasteiger partial charge in [-0.15, -0.1) is 5.11 Å². The fourth-order valence-electron chi connectivity index (χ4n) is 4.44. The minimum atomic E-state index is -0.240. The Kier molecular flexibility index (Phi) is 11.2. The first kappa shape index (κ1) is 27.0. The third kappa shape index (κ3) is 7.37. The van der Waals surface area contributed by atoms with E-state index in [0.717, 1.165) is 58.0 Å². The Morgan fingerprint density at radius 1 is 1.18 bits per heavy atom. The molecule has 1 N–H and O–H groups in total. The molecule has 1 saturated carbocycles. The van der Waals surface area contributed by atoms with Crippen LogP contribution in [0.15, 0.2) is 10.2 Å². The van der Waals surface area contributed by atoms with Gasteiger partial charge in [0.1, 0.15) is 18.2 Å². The molecular weight excluding hydrogens is 430 g/mol. The van der Waals surface area contributed by atoms with Crippen LogP contribution in [-0.4, -0.2) is 51.8 Å². The first-order chi connectivity index (χ1) is 16.5. The predicted molar refractivity (Wildman–Crippen MR) is 127 cm³/mol. The van der Waals surface area contributed by atoms with E-state index in [1.807, 2.05) is 18.2 Å². The summed E-state index contributed by atoms with van der Waals surface area (Å²) < 4.78 is 1.31. The number of nitrogens with zero attached hydrogens (tertiary/aromatic N) is 8. The first-order valence-electron chi connectivity index (χ1n) is 12.1. The lowest BCUT2D eigenvalue weighted by Crippen LogP contribution is -2.51. The van der Waals surface area contributed by atoms with Crippen LogP contribution in [0, 0.1) is 34.0 Å². The summed E-state index contributed by atoms with van der Waals surface area (Å²) in [6.07, 6.45) is 7.05. The van der Waals surface area contributed by atoms with Gasteiger partial charge in [-0.25, -0.2) is 4.68 Å². The van der Waals surface area contributed by atoms with Crippen molar-refractivity contribution in [1.29, 1.82) is 15.8 Å². The summed E-state index contributed by atoms with van der Waals surface area (Å²) in [6, 6.07) is 6.00. The molecule has 2 rings (SSSR count). The van der Waals surface area contributed by atoms with Gasteiger partial charge in [0, 0.05) is 13.0 Å². The summed E-state index contributed by atoms with van der Waals surface area (Å²) in [5.41, 5.74) is 0.453. The quantitative estimate of drug-likeness (QED) is 0.465. The summed E-state index contributed by atoms with van der Waals surface area (Å²) in [5.74, 6) is 0.0774. The number of amides is 1. The third-order valence-electron chi connectivity index (χ3n) is 6.17. The van der Waals surface area contributed by atoms with Crippen LogP contribution in [0.5, 0.6) is 0 Å². The van der Waals surface area contributed by atoms with E-state index < -0.39 is 0 Å². The molecule has 0 radical (unpaired) electrons. The molecule has 1 aromatic rings. The van der Waals surface area contributed by atoms with Crippen LogP contribution in [0.4, 0.5) is 5.82 Å². The second kappa shape index (κ2) is 14.1. The normalized spacial score (nSPS) is 20.1. The number of unbranched alkanes of at least 4 members (excludes halogenated alkanes) is 2. The van der Waals surface area contributed by atoms with Crippen molar-refractivity contribution in [2.75, 3.05) is 13.1 Å². The van der Waals surface area contributed by atoms with Crippen LogP contribution < -0.4 is 5.32 Å². The Balaban J connectivity index is 2.27. The molecule has 1 amide bonds. The molecule has 0 aromatic carbocycles. The Morgan fingerprint density at radius 3 is 2.44 bits per heavy atom. The van der Waals surface area contributed by atoms with Crippen molar-refractivity contribution in [3.05, 3.63) is 11.3 Å². The van der Waals surface area contributed by atoms with E-state index >= 15 is 0 Å². The average Bonchev–Trinajstić information content (AvgIpc) is 3.14. The molecular formula is C24H35N9O. The highest BCUT2D eigenvalue weighted by Crippen LogP contribution is 2.29. The van der Waals surface area contributed by atoms with E-state index in [1.165, 1.54) is 11.6 Å². The van der Waals surface area contributed by atoms with Crippen LogP contribution in [0.3, 0.4) is 0 Å². The van der Waals surface area contributed by atoms with Crippen molar-refractivity contribution in [3.63, 3.8) is 0 Å². The van der Waals surface area contributed by atoms with Gasteiger partial charge in [0.2, 0.25) is 5.91 Å². The number of azo groups is 1. The molecule has 1 aromatic heterocycles. The summed E-state index contributed by atoms with van der Waals surface area (Å²) in [7, 11) is 0. The fourth-order valence-corrected chi connectivity index (χ4v) is 4.44. The standard InChI is InChI=1S/C24H35N9O/c1-4-6-13-32(14-7-5-2)19-8-9-22(23(16-19)28-18(3)34)29-30-24-20(17-27)21(10-11-25)31-33(24)15-12-26/h19,22-23H,4-10,13-16H2,1-3H3,(H,28,34). The van der Waals surface area contributed by atoms with E-state index in [1.54, 1.807) is 0 Å². The second-order valence-corrected chi connectivity index (χ2v) is 8.71. The van der Waals surface area contributed by atoms with Crippen molar-refractivity contribution < 1.29 is 4.79 Å². The number of nitriles is 3. The van der Waals surface area contributed by atoms with Crippen molar-refractivity contribution in [1.82, 2.24) is 20.0 Å². The van der Waals surface area contributed by atoms with E-state index in [9.17, 15) is 10.1 Å². The molecule has 182 valence electrons. The van der Waals surface area contributed by atoms with E-state index in [0.29, 0.717) is 11.7 Å². The van der Waals surface area contributed by atoms with Gasteiger partial charge in [0.15, 0.2) is 5.82 Å². The summed E-state index contributed by atoms with van der Waals surface area (Å²) >= 11 is 0. The van der Waals surface area contributed by atoms with Gasteiger partial charge in [0.25, 0.3) is 0 Å². The number of hydrogen-bond acceptors (Lipinski definition) is 8. The molecule has 1 heterocycles. The maximum Gasteiger partial charge on any atom is 0.217 e. The topological polar surface area (TPSA) is 146 Å². The highest BCUT2D eigenvalue weighted by Gasteiger charge is 2.34. The molecule has 1 fully saturated rings. The molecule has 0 aliphatic heterocycles.